The fraction of sp³-hybridized carbons (Fsp3) is 0.458. The van der Waals surface area contributed by atoms with Crippen molar-refractivity contribution in [1.29, 1.82) is 0 Å². The van der Waals surface area contributed by atoms with Gasteiger partial charge in [0.2, 0.25) is 10.0 Å². The van der Waals surface area contributed by atoms with Crippen LogP contribution < -0.4 is 4.74 Å². The van der Waals surface area contributed by atoms with E-state index in [1.807, 2.05) is 12.1 Å². The Morgan fingerprint density at radius 1 is 1.00 bits per heavy atom. The maximum Gasteiger partial charge on any atom is 0.274 e. The first-order valence-corrected chi connectivity index (χ1v) is 13.0. The fourth-order valence-electron chi connectivity index (χ4n) is 3.90. The Kier molecular flexibility index (Phi) is 5.87. The standard InChI is InChI=1S/C24H30N2O3S2/c1-16-6-7-17(2)22-21(16)25-23(30-22)29-19-12-14-26(15-13-19)31(27,28)20-10-8-18(9-11-20)24(3,4)5/h6-11,19H,12-15H2,1-5H3. The molecule has 0 unspecified atom stereocenters. The van der Waals surface area contributed by atoms with Crippen LogP contribution in [0.15, 0.2) is 41.3 Å². The molecule has 0 atom stereocenters. The van der Waals surface area contributed by atoms with Crippen LogP contribution >= 0.6 is 11.3 Å². The van der Waals surface area contributed by atoms with Gasteiger partial charge in [-0.05, 0) is 60.9 Å². The smallest absolute Gasteiger partial charge is 0.274 e. The number of fused-ring (bicyclic) bond motifs is 1. The summed E-state index contributed by atoms with van der Waals surface area (Å²) in [6.45, 7) is 11.4. The number of aryl methyl sites for hydroxylation is 2. The summed E-state index contributed by atoms with van der Waals surface area (Å²) < 4.78 is 35.1. The van der Waals surface area contributed by atoms with Crippen molar-refractivity contribution >= 4 is 31.6 Å². The summed E-state index contributed by atoms with van der Waals surface area (Å²) in [6.07, 6.45) is 1.30. The van der Waals surface area contributed by atoms with Crippen LogP contribution in [0, 0.1) is 13.8 Å². The Bertz CT molecular complexity index is 1150. The fourth-order valence-corrected chi connectivity index (χ4v) is 6.40. The molecule has 2 aromatic carbocycles. The summed E-state index contributed by atoms with van der Waals surface area (Å²) in [5, 5.41) is 0.673. The third kappa shape index (κ3) is 4.49. The zero-order valence-corrected chi connectivity index (χ0v) is 20.4. The second-order valence-corrected chi connectivity index (χ2v) is 12.3. The van der Waals surface area contributed by atoms with E-state index in [9.17, 15) is 8.42 Å². The Morgan fingerprint density at radius 2 is 1.61 bits per heavy atom. The zero-order chi connectivity index (χ0) is 22.4. The molecule has 7 heteroatoms. The monoisotopic (exact) mass is 458 g/mol. The average molecular weight is 459 g/mol. The first kappa shape index (κ1) is 22.2. The Labute approximate surface area is 189 Å². The van der Waals surface area contributed by atoms with Crippen molar-refractivity contribution in [3.05, 3.63) is 53.1 Å². The quantitative estimate of drug-likeness (QED) is 0.522. The van der Waals surface area contributed by atoms with Gasteiger partial charge in [0.05, 0.1) is 15.1 Å². The molecule has 2 heterocycles. The molecule has 1 aliphatic heterocycles. The highest BCUT2D eigenvalue weighted by Gasteiger charge is 2.31. The number of ether oxygens (including phenoxy) is 1. The number of benzene rings is 2. The van der Waals surface area contributed by atoms with Gasteiger partial charge in [-0.2, -0.15) is 4.31 Å². The molecule has 1 saturated heterocycles. The molecule has 3 aromatic rings. The van der Waals surface area contributed by atoms with E-state index in [0.29, 0.717) is 36.0 Å². The second kappa shape index (κ2) is 8.19. The van der Waals surface area contributed by atoms with Gasteiger partial charge in [0, 0.05) is 13.1 Å². The summed E-state index contributed by atoms with van der Waals surface area (Å²) in [5.41, 5.74) is 4.46. The van der Waals surface area contributed by atoms with Gasteiger partial charge < -0.3 is 4.74 Å². The van der Waals surface area contributed by atoms with Crippen molar-refractivity contribution in [3.8, 4) is 5.19 Å². The van der Waals surface area contributed by atoms with Crippen molar-refractivity contribution in [3.63, 3.8) is 0 Å². The van der Waals surface area contributed by atoms with Crippen LogP contribution in [-0.4, -0.2) is 36.9 Å². The third-order valence-electron chi connectivity index (χ3n) is 5.95. The predicted octanol–water partition coefficient (Wildman–Crippen LogP) is 5.44. The van der Waals surface area contributed by atoms with Crippen molar-refractivity contribution in [2.24, 2.45) is 0 Å². The van der Waals surface area contributed by atoms with E-state index < -0.39 is 10.0 Å². The predicted molar refractivity (Wildman–Crippen MR) is 127 cm³/mol. The van der Waals surface area contributed by atoms with Crippen molar-refractivity contribution in [1.82, 2.24) is 9.29 Å². The number of thiazole rings is 1. The van der Waals surface area contributed by atoms with Gasteiger partial charge >= 0.3 is 0 Å². The highest BCUT2D eigenvalue weighted by atomic mass is 32.2. The van der Waals surface area contributed by atoms with Gasteiger partial charge in [0.15, 0.2) is 0 Å². The number of hydrogen-bond donors (Lipinski definition) is 0. The van der Waals surface area contributed by atoms with E-state index in [0.717, 1.165) is 21.3 Å². The van der Waals surface area contributed by atoms with Crippen LogP contribution in [-0.2, 0) is 15.4 Å². The topological polar surface area (TPSA) is 59.5 Å². The summed E-state index contributed by atoms with van der Waals surface area (Å²) in [5.74, 6) is 0. The highest BCUT2D eigenvalue weighted by Crippen LogP contribution is 2.34. The molecule has 0 radical (unpaired) electrons. The Balaban J connectivity index is 1.42. The molecule has 0 amide bonds. The molecule has 5 nitrogen and oxygen atoms in total. The van der Waals surface area contributed by atoms with Crippen LogP contribution in [0.1, 0.15) is 50.3 Å². The van der Waals surface area contributed by atoms with Gasteiger partial charge in [0.25, 0.3) is 5.19 Å². The van der Waals surface area contributed by atoms with Gasteiger partial charge in [0.1, 0.15) is 6.10 Å². The number of piperidine rings is 1. The van der Waals surface area contributed by atoms with Crippen LogP contribution in [0.4, 0.5) is 0 Å². The largest absolute Gasteiger partial charge is 0.467 e. The molecule has 1 fully saturated rings. The normalized spacial score (nSPS) is 16.7. The van der Waals surface area contributed by atoms with E-state index in [1.165, 1.54) is 5.56 Å². The number of aromatic nitrogens is 1. The second-order valence-electron chi connectivity index (χ2n) is 9.35. The molecular formula is C24H30N2O3S2. The number of sulfonamides is 1. The summed E-state index contributed by atoms with van der Waals surface area (Å²) >= 11 is 1.57. The zero-order valence-electron chi connectivity index (χ0n) is 18.8. The minimum absolute atomic E-state index is 0.00428. The van der Waals surface area contributed by atoms with E-state index in [2.05, 4.69) is 51.7 Å². The molecule has 1 aliphatic rings. The first-order chi connectivity index (χ1) is 14.6. The SMILES string of the molecule is Cc1ccc(C)c2sc(OC3CCN(S(=O)(=O)c4ccc(C(C)(C)C)cc4)CC3)nc12. The Morgan fingerprint density at radius 3 is 2.19 bits per heavy atom. The van der Waals surface area contributed by atoms with Crippen molar-refractivity contribution < 1.29 is 13.2 Å². The van der Waals surface area contributed by atoms with Gasteiger partial charge in [-0.25, -0.2) is 13.4 Å². The molecule has 31 heavy (non-hydrogen) atoms. The lowest BCUT2D eigenvalue weighted by Crippen LogP contribution is -2.41. The third-order valence-corrected chi connectivity index (χ3v) is 8.94. The maximum absolute atomic E-state index is 13.1. The van der Waals surface area contributed by atoms with Crippen LogP contribution in [0.25, 0.3) is 10.2 Å². The minimum atomic E-state index is -3.49. The lowest BCUT2D eigenvalue weighted by atomic mass is 9.87. The maximum atomic E-state index is 13.1. The van der Waals surface area contributed by atoms with Gasteiger partial charge in [-0.3, -0.25) is 0 Å². The molecule has 0 aliphatic carbocycles. The molecule has 1 aromatic heterocycles. The summed E-state index contributed by atoms with van der Waals surface area (Å²) in [4.78, 5) is 5.03. The number of hydrogen-bond acceptors (Lipinski definition) is 5. The molecule has 0 spiro atoms. The average Bonchev–Trinajstić information content (AvgIpc) is 3.16. The van der Waals surface area contributed by atoms with Crippen LogP contribution in [0.3, 0.4) is 0 Å². The van der Waals surface area contributed by atoms with E-state index in [4.69, 9.17) is 4.74 Å². The van der Waals surface area contributed by atoms with Crippen LogP contribution in [0.5, 0.6) is 5.19 Å². The number of nitrogens with zero attached hydrogens (tertiary/aromatic N) is 2. The Hall–Kier alpha value is -1.96. The molecule has 4 rings (SSSR count). The molecular weight excluding hydrogens is 428 g/mol. The summed E-state index contributed by atoms with van der Waals surface area (Å²) in [6, 6.07) is 11.5. The molecule has 0 N–H and O–H groups in total. The minimum Gasteiger partial charge on any atom is -0.467 e. The molecule has 0 bridgehead atoms. The van der Waals surface area contributed by atoms with E-state index in [-0.39, 0.29) is 11.5 Å². The highest BCUT2D eigenvalue weighted by molar-refractivity contribution is 7.89. The van der Waals surface area contributed by atoms with Crippen molar-refractivity contribution in [2.45, 2.75) is 63.9 Å². The van der Waals surface area contributed by atoms with Gasteiger partial charge in [-0.1, -0.05) is 56.4 Å². The van der Waals surface area contributed by atoms with Crippen molar-refractivity contribution in [2.75, 3.05) is 13.1 Å². The lowest BCUT2D eigenvalue weighted by molar-refractivity contribution is 0.135. The van der Waals surface area contributed by atoms with Crippen LogP contribution in [0.2, 0.25) is 0 Å². The van der Waals surface area contributed by atoms with Gasteiger partial charge in [-0.15, -0.1) is 0 Å². The molecule has 0 saturated carbocycles. The molecule has 166 valence electrons. The van der Waals surface area contributed by atoms with E-state index in [1.54, 1.807) is 27.8 Å². The van der Waals surface area contributed by atoms with E-state index >= 15 is 0 Å². The first-order valence-electron chi connectivity index (χ1n) is 10.7. The summed E-state index contributed by atoms with van der Waals surface area (Å²) in [7, 11) is -3.49. The number of rotatable bonds is 4. The lowest BCUT2D eigenvalue weighted by Gasteiger charge is -2.31.